The first-order valence-electron chi connectivity index (χ1n) is 4.75. The molecule has 0 saturated carbocycles. The molecule has 2 nitrogen and oxygen atoms in total. The maximum atomic E-state index is 5.93. The van der Waals surface area contributed by atoms with Crippen LogP contribution in [0.2, 0.25) is 10.0 Å². The lowest BCUT2D eigenvalue weighted by atomic mass is 10.0. The maximum absolute atomic E-state index is 5.93. The first-order valence-corrected chi connectivity index (χ1v) is 5.51. The van der Waals surface area contributed by atoms with Crippen LogP contribution in [0.5, 0.6) is 5.75 Å². The lowest BCUT2D eigenvalue weighted by Crippen LogP contribution is -2.33. The van der Waals surface area contributed by atoms with E-state index >= 15 is 0 Å². The number of ether oxygens (including phenoxy) is 1. The summed E-state index contributed by atoms with van der Waals surface area (Å²) >= 11 is 11.8. The summed E-state index contributed by atoms with van der Waals surface area (Å²) in [5.74, 6) is 0.605. The molecule has 15 heavy (non-hydrogen) atoms. The highest BCUT2D eigenvalue weighted by molar-refractivity contribution is 6.34. The van der Waals surface area contributed by atoms with Crippen molar-refractivity contribution in [2.75, 3.05) is 6.61 Å². The highest BCUT2D eigenvalue weighted by Gasteiger charge is 2.11. The molecule has 0 unspecified atom stereocenters. The van der Waals surface area contributed by atoms with Crippen LogP contribution < -0.4 is 10.5 Å². The maximum Gasteiger partial charge on any atom is 0.139 e. The van der Waals surface area contributed by atoms with Crippen molar-refractivity contribution in [3.05, 3.63) is 28.2 Å². The van der Waals surface area contributed by atoms with Gasteiger partial charge in [0.15, 0.2) is 0 Å². The zero-order chi connectivity index (χ0) is 11.5. The third-order valence-electron chi connectivity index (χ3n) is 1.90. The van der Waals surface area contributed by atoms with Gasteiger partial charge in [-0.1, -0.05) is 23.2 Å². The summed E-state index contributed by atoms with van der Waals surface area (Å²) in [5, 5.41) is 1.18. The van der Waals surface area contributed by atoms with E-state index in [-0.39, 0.29) is 5.54 Å². The smallest absolute Gasteiger partial charge is 0.139 e. The van der Waals surface area contributed by atoms with Crippen molar-refractivity contribution in [2.24, 2.45) is 5.73 Å². The van der Waals surface area contributed by atoms with Crippen molar-refractivity contribution < 1.29 is 4.74 Å². The van der Waals surface area contributed by atoms with E-state index in [1.54, 1.807) is 18.2 Å². The molecule has 0 fully saturated rings. The minimum Gasteiger partial charge on any atom is -0.492 e. The number of halogens is 2. The minimum absolute atomic E-state index is 0.231. The van der Waals surface area contributed by atoms with Crippen molar-refractivity contribution in [3.63, 3.8) is 0 Å². The number of benzene rings is 1. The van der Waals surface area contributed by atoms with Crippen LogP contribution in [-0.2, 0) is 0 Å². The summed E-state index contributed by atoms with van der Waals surface area (Å²) in [6.07, 6.45) is 0.760. The van der Waals surface area contributed by atoms with Crippen molar-refractivity contribution in [2.45, 2.75) is 25.8 Å². The van der Waals surface area contributed by atoms with Crippen molar-refractivity contribution in [1.82, 2.24) is 0 Å². The Bertz CT molecular complexity index is 334. The highest BCUT2D eigenvalue weighted by atomic mass is 35.5. The van der Waals surface area contributed by atoms with E-state index in [2.05, 4.69) is 0 Å². The van der Waals surface area contributed by atoms with Crippen LogP contribution in [-0.4, -0.2) is 12.1 Å². The van der Waals surface area contributed by atoms with E-state index in [9.17, 15) is 0 Å². The molecule has 0 heterocycles. The molecule has 0 amide bonds. The second-order valence-electron chi connectivity index (χ2n) is 4.16. The molecule has 0 aliphatic rings. The molecule has 0 bridgehead atoms. The number of nitrogens with two attached hydrogens (primary N) is 1. The summed E-state index contributed by atoms with van der Waals surface area (Å²) < 4.78 is 5.50. The van der Waals surface area contributed by atoms with Gasteiger partial charge in [-0.05, 0) is 32.4 Å². The van der Waals surface area contributed by atoms with Gasteiger partial charge in [0.05, 0.1) is 11.6 Å². The molecule has 0 atom stereocenters. The highest BCUT2D eigenvalue weighted by Crippen LogP contribution is 2.27. The molecule has 0 spiro atoms. The molecule has 84 valence electrons. The molecule has 2 N–H and O–H groups in total. The average Bonchev–Trinajstić information content (AvgIpc) is 2.09. The van der Waals surface area contributed by atoms with E-state index in [0.717, 1.165) is 6.42 Å². The summed E-state index contributed by atoms with van der Waals surface area (Å²) in [6.45, 7) is 4.44. The Morgan fingerprint density at radius 1 is 1.33 bits per heavy atom. The van der Waals surface area contributed by atoms with Gasteiger partial charge in [-0.3, -0.25) is 0 Å². The van der Waals surface area contributed by atoms with Crippen molar-refractivity contribution in [3.8, 4) is 5.75 Å². The predicted molar refractivity (Wildman–Crippen MR) is 64.8 cm³/mol. The molecule has 1 rings (SSSR count). The van der Waals surface area contributed by atoms with Gasteiger partial charge in [-0.2, -0.15) is 0 Å². The SMILES string of the molecule is CC(C)(N)CCOc1cc(Cl)ccc1Cl. The normalized spacial score (nSPS) is 11.5. The predicted octanol–water partition coefficient (Wildman–Crippen LogP) is 3.50. The molecule has 0 aliphatic carbocycles. The van der Waals surface area contributed by atoms with E-state index in [1.165, 1.54) is 0 Å². The molecule has 0 saturated heterocycles. The molecule has 0 radical (unpaired) electrons. The molecular formula is C11H15Cl2NO. The summed E-state index contributed by atoms with van der Waals surface area (Å²) in [5.41, 5.74) is 5.60. The van der Waals surface area contributed by atoms with Crippen LogP contribution in [0, 0.1) is 0 Å². The van der Waals surface area contributed by atoms with Gasteiger partial charge in [-0.25, -0.2) is 0 Å². The van der Waals surface area contributed by atoms with Crippen LogP contribution in [0.15, 0.2) is 18.2 Å². The minimum atomic E-state index is -0.231. The Labute approximate surface area is 100 Å². The van der Waals surface area contributed by atoms with E-state index in [0.29, 0.717) is 22.4 Å². The van der Waals surface area contributed by atoms with Gasteiger partial charge in [0.25, 0.3) is 0 Å². The molecule has 0 aliphatic heterocycles. The lowest BCUT2D eigenvalue weighted by molar-refractivity contribution is 0.274. The molecule has 4 heteroatoms. The van der Waals surface area contributed by atoms with Crippen LogP contribution >= 0.6 is 23.2 Å². The quantitative estimate of drug-likeness (QED) is 0.884. The topological polar surface area (TPSA) is 35.2 Å². The molecule has 0 aromatic heterocycles. The molecule has 1 aromatic rings. The van der Waals surface area contributed by atoms with Crippen molar-refractivity contribution >= 4 is 23.2 Å². The van der Waals surface area contributed by atoms with Crippen LogP contribution in [0.25, 0.3) is 0 Å². The number of rotatable bonds is 4. The first-order chi connectivity index (χ1) is 6.88. The Hall–Kier alpha value is -0.440. The van der Waals surface area contributed by atoms with Crippen LogP contribution in [0.1, 0.15) is 20.3 Å². The van der Waals surface area contributed by atoms with Crippen LogP contribution in [0.3, 0.4) is 0 Å². The van der Waals surface area contributed by atoms with Gasteiger partial charge in [0.1, 0.15) is 5.75 Å². The second-order valence-corrected chi connectivity index (χ2v) is 5.01. The Morgan fingerprint density at radius 2 is 2.00 bits per heavy atom. The third kappa shape index (κ3) is 4.74. The average molecular weight is 248 g/mol. The fraction of sp³-hybridized carbons (Fsp3) is 0.455. The van der Waals surface area contributed by atoms with E-state index in [1.807, 2.05) is 13.8 Å². The standard InChI is InChI=1S/C11H15Cl2NO/c1-11(2,14)5-6-15-10-7-8(12)3-4-9(10)13/h3-4,7H,5-6,14H2,1-2H3. The Kier molecular flexibility index (Phi) is 4.26. The van der Waals surface area contributed by atoms with Gasteiger partial charge in [-0.15, -0.1) is 0 Å². The van der Waals surface area contributed by atoms with Gasteiger partial charge in [0.2, 0.25) is 0 Å². The lowest BCUT2D eigenvalue weighted by Gasteiger charge is -2.18. The van der Waals surface area contributed by atoms with Gasteiger partial charge < -0.3 is 10.5 Å². The second kappa shape index (κ2) is 5.06. The largest absolute Gasteiger partial charge is 0.492 e. The zero-order valence-electron chi connectivity index (χ0n) is 8.89. The van der Waals surface area contributed by atoms with Gasteiger partial charge in [0, 0.05) is 16.6 Å². The molecule has 1 aromatic carbocycles. The van der Waals surface area contributed by atoms with Gasteiger partial charge >= 0.3 is 0 Å². The van der Waals surface area contributed by atoms with E-state index < -0.39 is 0 Å². The Balaban J connectivity index is 2.54. The zero-order valence-corrected chi connectivity index (χ0v) is 10.4. The number of hydrogen-bond acceptors (Lipinski definition) is 2. The Morgan fingerprint density at radius 3 is 2.60 bits per heavy atom. The fourth-order valence-electron chi connectivity index (χ4n) is 1.01. The molecular weight excluding hydrogens is 233 g/mol. The summed E-state index contributed by atoms with van der Waals surface area (Å²) in [7, 11) is 0. The van der Waals surface area contributed by atoms with E-state index in [4.69, 9.17) is 33.7 Å². The van der Waals surface area contributed by atoms with Crippen molar-refractivity contribution in [1.29, 1.82) is 0 Å². The number of hydrogen-bond donors (Lipinski definition) is 1. The summed E-state index contributed by atoms with van der Waals surface area (Å²) in [4.78, 5) is 0. The van der Waals surface area contributed by atoms with Crippen LogP contribution in [0.4, 0.5) is 0 Å². The fourth-order valence-corrected chi connectivity index (χ4v) is 1.35. The first kappa shape index (κ1) is 12.6. The monoisotopic (exact) mass is 247 g/mol. The summed E-state index contributed by atoms with van der Waals surface area (Å²) in [6, 6.07) is 5.14. The third-order valence-corrected chi connectivity index (χ3v) is 2.44.